The summed E-state index contributed by atoms with van der Waals surface area (Å²) < 4.78 is 5.19. The largest absolute Gasteiger partial charge is 0.388 e. The molecule has 0 amide bonds. The molecule has 1 aliphatic rings. The second-order valence-corrected chi connectivity index (χ2v) is 3.40. The Hall–Kier alpha value is 0.190. The third-order valence-electron chi connectivity index (χ3n) is 2.13. The van der Waals surface area contributed by atoms with Crippen LogP contribution in [-0.2, 0) is 4.74 Å². The average Bonchev–Trinajstić information content (AvgIpc) is 2.08. The van der Waals surface area contributed by atoms with Crippen molar-refractivity contribution in [1.29, 1.82) is 0 Å². The first kappa shape index (κ1) is 10.3. The summed E-state index contributed by atoms with van der Waals surface area (Å²) in [6, 6.07) is 0. The van der Waals surface area contributed by atoms with Gasteiger partial charge in [-0.25, -0.2) is 0 Å². The first-order chi connectivity index (χ1) is 5.57. The van der Waals surface area contributed by atoms with E-state index in [2.05, 4.69) is 12.6 Å². The molecule has 12 heavy (non-hydrogen) atoms. The molecule has 2 unspecified atom stereocenters. The molecular weight excluding hydrogens is 180 g/mol. The predicted octanol–water partition coefficient (Wildman–Crippen LogP) is -1.21. The Balaban J connectivity index is 2.63. The summed E-state index contributed by atoms with van der Waals surface area (Å²) in [6.07, 6.45) is -4.15. The Morgan fingerprint density at radius 3 is 2.25 bits per heavy atom. The van der Waals surface area contributed by atoms with Crippen LogP contribution in [0, 0.1) is 0 Å². The van der Waals surface area contributed by atoms with Crippen LogP contribution in [0.25, 0.3) is 0 Å². The van der Waals surface area contributed by atoms with Gasteiger partial charge in [-0.15, -0.1) is 0 Å². The Bertz CT molecular complexity index is 150. The summed E-state index contributed by atoms with van der Waals surface area (Å²) in [5.41, 5.74) is 0. The summed E-state index contributed by atoms with van der Waals surface area (Å²) in [5, 5.41) is 27.9. The van der Waals surface area contributed by atoms with Crippen LogP contribution in [0.5, 0.6) is 0 Å². The lowest BCUT2D eigenvalue weighted by molar-refractivity contribution is -0.210. The van der Waals surface area contributed by atoms with Crippen LogP contribution in [0.4, 0.5) is 0 Å². The number of rotatable bonds is 1. The molecular formula is C7H14O4S. The standard InChI is InChI=1S/C7H14O4S/c1-3-5(8)7(10)6(9)4(2-12)11-3/h3-10,12H,2H2,1H3/t3-,4?,5?,6+,7-/m1/s1. The highest BCUT2D eigenvalue weighted by atomic mass is 32.1. The van der Waals surface area contributed by atoms with E-state index in [-0.39, 0.29) is 0 Å². The zero-order chi connectivity index (χ0) is 9.30. The highest BCUT2D eigenvalue weighted by Crippen LogP contribution is 2.21. The van der Waals surface area contributed by atoms with Crippen molar-refractivity contribution in [2.45, 2.75) is 37.4 Å². The maximum Gasteiger partial charge on any atom is 0.111 e. The molecule has 0 spiro atoms. The SMILES string of the molecule is C[C@H]1OC(CS)[C@H](O)[C@H](O)C1O. The molecule has 0 radical (unpaired) electrons. The molecule has 0 aromatic heterocycles. The Labute approximate surface area is 76.6 Å². The van der Waals surface area contributed by atoms with Gasteiger partial charge in [0.05, 0.1) is 12.2 Å². The van der Waals surface area contributed by atoms with Crippen LogP contribution in [0.1, 0.15) is 6.92 Å². The Kier molecular flexibility index (Phi) is 3.37. The van der Waals surface area contributed by atoms with E-state index in [0.29, 0.717) is 5.75 Å². The first-order valence-electron chi connectivity index (χ1n) is 3.88. The molecule has 1 aliphatic heterocycles. The maximum atomic E-state index is 9.34. The number of ether oxygens (including phenoxy) is 1. The third kappa shape index (κ3) is 1.75. The molecule has 0 aromatic rings. The highest BCUT2D eigenvalue weighted by Gasteiger charge is 2.40. The van der Waals surface area contributed by atoms with E-state index in [9.17, 15) is 15.3 Å². The second-order valence-electron chi connectivity index (χ2n) is 3.03. The number of aliphatic hydroxyl groups excluding tert-OH is 3. The smallest absolute Gasteiger partial charge is 0.111 e. The number of aliphatic hydroxyl groups is 3. The molecule has 1 saturated heterocycles. The molecule has 0 saturated carbocycles. The van der Waals surface area contributed by atoms with Gasteiger partial charge in [-0.3, -0.25) is 0 Å². The van der Waals surface area contributed by atoms with Crippen LogP contribution in [-0.4, -0.2) is 51.6 Å². The summed E-state index contributed by atoms with van der Waals surface area (Å²) in [6.45, 7) is 1.65. The fourth-order valence-electron chi connectivity index (χ4n) is 1.29. The highest BCUT2D eigenvalue weighted by molar-refractivity contribution is 7.80. The number of hydrogen-bond acceptors (Lipinski definition) is 5. The van der Waals surface area contributed by atoms with Crippen molar-refractivity contribution in [2.24, 2.45) is 0 Å². The van der Waals surface area contributed by atoms with Gasteiger partial charge in [0.25, 0.3) is 0 Å². The monoisotopic (exact) mass is 194 g/mol. The van der Waals surface area contributed by atoms with Crippen LogP contribution < -0.4 is 0 Å². The quantitative estimate of drug-likeness (QED) is 0.395. The predicted molar refractivity (Wildman–Crippen MR) is 46.2 cm³/mol. The zero-order valence-corrected chi connectivity index (χ0v) is 7.69. The molecule has 1 rings (SSSR count). The van der Waals surface area contributed by atoms with Crippen molar-refractivity contribution in [1.82, 2.24) is 0 Å². The van der Waals surface area contributed by atoms with Gasteiger partial charge in [0.2, 0.25) is 0 Å². The lowest BCUT2D eigenvalue weighted by Gasteiger charge is -2.38. The first-order valence-corrected chi connectivity index (χ1v) is 4.51. The van der Waals surface area contributed by atoms with Crippen LogP contribution in [0.15, 0.2) is 0 Å². The third-order valence-corrected chi connectivity index (χ3v) is 2.49. The van der Waals surface area contributed by atoms with Crippen molar-refractivity contribution in [3.63, 3.8) is 0 Å². The molecule has 1 fully saturated rings. The van der Waals surface area contributed by atoms with Crippen LogP contribution >= 0.6 is 12.6 Å². The second kappa shape index (κ2) is 3.93. The van der Waals surface area contributed by atoms with E-state index in [1.165, 1.54) is 0 Å². The van der Waals surface area contributed by atoms with Crippen molar-refractivity contribution < 1.29 is 20.1 Å². The minimum absolute atomic E-state index is 0.329. The van der Waals surface area contributed by atoms with E-state index in [1.807, 2.05) is 0 Å². The summed E-state index contributed by atoms with van der Waals surface area (Å²) >= 11 is 3.96. The van der Waals surface area contributed by atoms with E-state index < -0.39 is 30.5 Å². The summed E-state index contributed by atoms with van der Waals surface area (Å²) in [5.74, 6) is 0.329. The Morgan fingerprint density at radius 1 is 1.17 bits per heavy atom. The Morgan fingerprint density at radius 2 is 1.75 bits per heavy atom. The van der Waals surface area contributed by atoms with Gasteiger partial charge in [-0.2, -0.15) is 12.6 Å². The fraction of sp³-hybridized carbons (Fsp3) is 1.00. The number of hydrogen-bond donors (Lipinski definition) is 4. The van der Waals surface area contributed by atoms with E-state index >= 15 is 0 Å². The van der Waals surface area contributed by atoms with Crippen LogP contribution in [0.3, 0.4) is 0 Å². The van der Waals surface area contributed by atoms with E-state index in [1.54, 1.807) is 6.92 Å². The molecule has 0 aliphatic carbocycles. The van der Waals surface area contributed by atoms with Gasteiger partial charge < -0.3 is 20.1 Å². The molecule has 72 valence electrons. The lowest BCUT2D eigenvalue weighted by Crippen LogP contribution is -2.57. The molecule has 0 bridgehead atoms. The van der Waals surface area contributed by atoms with Crippen molar-refractivity contribution in [3.8, 4) is 0 Å². The average molecular weight is 194 g/mol. The normalized spacial score (nSPS) is 49.2. The molecule has 3 N–H and O–H groups in total. The summed E-state index contributed by atoms with van der Waals surface area (Å²) in [4.78, 5) is 0. The van der Waals surface area contributed by atoms with Gasteiger partial charge in [-0.1, -0.05) is 0 Å². The summed E-state index contributed by atoms with van der Waals surface area (Å²) in [7, 11) is 0. The van der Waals surface area contributed by atoms with Gasteiger partial charge >= 0.3 is 0 Å². The van der Waals surface area contributed by atoms with Crippen molar-refractivity contribution >= 4 is 12.6 Å². The molecule has 4 nitrogen and oxygen atoms in total. The van der Waals surface area contributed by atoms with Crippen molar-refractivity contribution in [2.75, 3.05) is 5.75 Å². The van der Waals surface area contributed by atoms with Gasteiger partial charge in [0.1, 0.15) is 18.3 Å². The molecule has 5 heteroatoms. The zero-order valence-electron chi connectivity index (χ0n) is 6.79. The topological polar surface area (TPSA) is 69.9 Å². The minimum atomic E-state index is -1.13. The van der Waals surface area contributed by atoms with Gasteiger partial charge in [0.15, 0.2) is 0 Å². The van der Waals surface area contributed by atoms with Crippen molar-refractivity contribution in [3.05, 3.63) is 0 Å². The molecule has 0 aromatic carbocycles. The van der Waals surface area contributed by atoms with Gasteiger partial charge in [0, 0.05) is 5.75 Å². The fourth-order valence-corrected chi connectivity index (χ4v) is 1.59. The minimum Gasteiger partial charge on any atom is -0.388 e. The van der Waals surface area contributed by atoms with Gasteiger partial charge in [-0.05, 0) is 6.92 Å². The molecule has 5 atom stereocenters. The number of thiol groups is 1. The molecule has 1 heterocycles. The van der Waals surface area contributed by atoms with Crippen LogP contribution in [0.2, 0.25) is 0 Å². The maximum absolute atomic E-state index is 9.34. The lowest BCUT2D eigenvalue weighted by atomic mass is 9.97. The van der Waals surface area contributed by atoms with E-state index in [4.69, 9.17) is 4.74 Å². The van der Waals surface area contributed by atoms with E-state index in [0.717, 1.165) is 0 Å².